The number of carbonyl (C=O) groups excluding carboxylic acids is 1. The third-order valence-corrected chi connectivity index (χ3v) is 4.00. The number of hydrazone groups is 1. The molecule has 0 bridgehead atoms. The molecule has 2 aromatic heterocycles. The summed E-state index contributed by atoms with van der Waals surface area (Å²) in [6, 6.07) is 4.54. The predicted molar refractivity (Wildman–Crippen MR) is 90.8 cm³/mol. The summed E-state index contributed by atoms with van der Waals surface area (Å²) in [6.45, 7) is 1.55. The van der Waals surface area contributed by atoms with E-state index in [1.54, 1.807) is 5.38 Å². The number of thiazole rings is 1. The quantitative estimate of drug-likeness (QED) is 0.528. The lowest BCUT2D eigenvalue weighted by Gasteiger charge is -2.06. The van der Waals surface area contributed by atoms with E-state index in [1.807, 2.05) is 6.92 Å². The number of aromatic nitrogens is 5. The number of hydrogen-bond donors (Lipinski definition) is 1. The Labute approximate surface area is 154 Å². The number of carbonyl (C=O) groups is 1. The second-order valence-corrected chi connectivity index (χ2v) is 6.37. The molecule has 0 spiro atoms. The molecule has 1 N–H and O–H groups in total. The standard InChI is InChI=1S/C15H12F3N7OS/c1-9-20-12(8-27-9)6-19-21-13(26)7-25-23-14(22-24-25)10-3-2-4-11(5-10)15(16,17)18/h2-6,8H,7H2,1H3,(H,21,26)/b19-6-. The minimum Gasteiger partial charge on any atom is -0.271 e. The predicted octanol–water partition coefficient (Wildman–Crippen LogP) is 2.27. The molecule has 0 saturated heterocycles. The van der Waals surface area contributed by atoms with E-state index in [4.69, 9.17) is 0 Å². The van der Waals surface area contributed by atoms with Crippen LogP contribution in [0.5, 0.6) is 0 Å². The van der Waals surface area contributed by atoms with E-state index in [0.717, 1.165) is 21.9 Å². The number of nitrogens with zero attached hydrogens (tertiary/aromatic N) is 6. The van der Waals surface area contributed by atoms with Crippen molar-refractivity contribution >= 4 is 23.5 Å². The second kappa shape index (κ2) is 7.61. The fraction of sp³-hybridized carbons (Fsp3) is 0.200. The molecule has 140 valence electrons. The highest BCUT2D eigenvalue weighted by atomic mass is 32.1. The summed E-state index contributed by atoms with van der Waals surface area (Å²) in [5, 5.41) is 17.7. The number of rotatable bonds is 5. The monoisotopic (exact) mass is 395 g/mol. The number of halogens is 3. The van der Waals surface area contributed by atoms with Crippen LogP contribution in [0, 0.1) is 6.92 Å². The fourth-order valence-corrected chi connectivity index (χ4v) is 2.60. The first kappa shape index (κ1) is 18.6. The van der Waals surface area contributed by atoms with Gasteiger partial charge in [-0.15, -0.1) is 21.5 Å². The normalized spacial score (nSPS) is 11.9. The van der Waals surface area contributed by atoms with Gasteiger partial charge in [-0.1, -0.05) is 12.1 Å². The lowest BCUT2D eigenvalue weighted by molar-refractivity contribution is -0.137. The summed E-state index contributed by atoms with van der Waals surface area (Å²) in [7, 11) is 0. The van der Waals surface area contributed by atoms with Crippen LogP contribution in [0.3, 0.4) is 0 Å². The highest BCUT2D eigenvalue weighted by molar-refractivity contribution is 7.09. The van der Waals surface area contributed by atoms with Gasteiger partial charge >= 0.3 is 6.18 Å². The third kappa shape index (κ3) is 4.94. The van der Waals surface area contributed by atoms with Crippen LogP contribution in [0.15, 0.2) is 34.7 Å². The molecular formula is C15H12F3N7OS. The first-order valence-electron chi connectivity index (χ1n) is 7.51. The maximum atomic E-state index is 12.8. The Morgan fingerprint density at radius 1 is 1.41 bits per heavy atom. The van der Waals surface area contributed by atoms with E-state index in [2.05, 4.69) is 30.9 Å². The highest BCUT2D eigenvalue weighted by Crippen LogP contribution is 2.31. The van der Waals surface area contributed by atoms with Crippen LogP contribution in [0.25, 0.3) is 11.4 Å². The number of amides is 1. The summed E-state index contributed by atoms with van der Waals surface area (Å²) >= 11 is 1.45. The van der Waals surface area contributed by atoms with Crippen molar-refractivity contribution in [2.75, 3.05) is 0 Å². The molecule has 0 unspecified atom stereocenters. The lowest BCUT2D eigenvalue weighted by atomic mass is 10.1. The molecule has 2 heterocycles. The Hall–Kier alpha value is -3.15. The molecule has 12 heteroatoms. The van der Waals surface area contributed by atoms with Crippen LogP contribution < -0.4 is 5.43 Å². The van der Waals surface area contributed by atoms with Crippen molar-refractivity contribution in [1.82, 2.24) is 30.6 Å². The van der Waals surface area contributed by atoms with Gasteiger partial charge in [0.25, 0.3) is 5.91 Å². The smallest absolute Gasteiger partial charge is 0.271 e. The summed E-state index contributed by atoms with van der Waals surface area (Å²) in [6.07, 6.45) is -3.08. The summed E-state index contributed by atoms with van der Waals surface area (Å²) < 4.78 is 38.3. The van der Waals surface area contributed by atoms with Gasteiger partial charge in [0, 0.05) is 10.9 Å². The highest BCUT2D eigenvalue weighted by Gasteiger charge is 2.30. The Morgan fingerprint density at radius 3 is 2.93 bits per heavy atom. The summed E-state index contributed by atoms with van der Waals surface area (Å²) in [4.78, 5) is 16.9. The van der Waals surface area contributed by atoms with E-state index in [9.17, 15) is 18.0 Å². The topological polar surface area (TPSA) is 98.0 Å². The van der Waals surface area contributed by atoms with Gasteiger partial charge in [-0.3, -0.25) is 4.79 Å². The van der Waals surface area contributed by atoms with Crippen molar-refractivity contribution in [3.05, 3.63) is 45.9 Å². The minimum absolute atomic E-state index is 0.0182. The second-order valence-electron chi connectivity index (χ2n) is 5.31. The van der Waals surface area contributed by atoms with E-state index in [-0.39, 0.29) is 17.9 Å². The molecule has 1 aromatic carbocycles. The molecule has 0 radical (unpaired) electrons. The Kier molecular flexibility index (Phi) is 5.26. The molecule has 0 fully saturated rings. The zero-order chi connectivity index (χ0) is 19.4. The van der Waals surface area contributed by atoms with Crippen LogP contribution in [0.4, 0.5) is 13.2 Å². The zero-order valence-electron chi connectivity index (χ0n) is 13.8. The number of alkyl halides is 3. The maximum absolute atomic E-state index is 12.8. The third-order valence-electron chi connectivity index (χ3n) is 3.21. The summed E-state index contributed by atoms with van der Waals surface area (Å²) in [5.41, 5.74) is 2.23. The molecule has 0 aliphatic heterocycles. The molecule has 3 aromatic rings. The van der Waals surface area contributed by atoms with Crippen LogP contribution in [-0.4, -0.2) is 37.3 Å². The fourth-order valence-electron chi connectivity index (χ4n) is 2.03. The molecular weight excluding hydrogens is 383 g/mol. The van der Waals surface area contributed by atoms with Crippen molar-refractivity contribution in [2.24, 2.45) is 5.10 Å². The van der Waals surface area contributed by atoms with Crippen molar-refractivity contribution < 1.29 is 18.0 Å². The molecule has 8 nitrogen and oxygen atoms in total. The van der Waals surface area contributed by atoms with Gasteiger partial charge in [0.2, 0.25) is 5.82 Å². The molecule has 0 aliphatic rings. The van der Waals surface area contributed by atoms with Crippen LogP contribution in [-0.2, 0) is 17.5 Å². The average molecular weight is 395 g/mol. The van der Waals surface area contributed by atoms with Gasteiger partial charge in [0.05, 0.1) is 22.5 Å². The van der Waals surface area contributed by atoms with E-state index in [0.29, 0.717) is 5.69 Å². The van der Waals surface area contributed by atoms with Crippen LogP contribution >= 0.6 is 11.3 Å². The first-order chi connectivity index (χ1) is 12.8. The van der Waals surface area contributed by atoms with Gasteiger partial charge in [-0.05, 0) is 24.3 Å². The molecule has 3 rings (SSSR count). The zero-order valence-corrected chi connectivity index (χ0v) is 14.6. The number of benzene rings is 1. The van der Waals surface area contributed by atoms with E-state index >= 15 is 0 Å². The van der Waals surface area contributed by atoms with Crippen molar-refractivity contribution in [3.63, 3.8) is 0 Å². The van der Waals surface area contributed by atoms with Crippen LogP contribution in [0.2, 0.25) is 0 Å². The van der Waals surface area contributed by atoms with Gasteiger partial charge in [-0.25, -0.2) is 10.4 Å². The molecule has 0 saturated carbocycles. The van der Waals surface area contributed by atoms with Gasteiger partial charge in [-0.2, -0.15) is 23.1 Å². The average Bonchev–Trinajstić information content (AvgIpc) is 3.23. The molecule has 27 heavy (non-hydrogen) atoms. The van der Waals surface area contributed by atoms with E-state index in [1.165, 1.54) is 29.7 Å². The molecule has 0 aliphatic carbocycles. The largest absolute Gasteiger partial charge is 0.416 e. The number of aryl methyl sites for hydroxylation is 1. The number of hydrogen-bond acceptors (Lipinski definition) is 7. The Bertz CT molecular complexity index is 980. The van der Waals surface area contributed by atoms with Gasteiger partial charge < -0.3 is 0 Å². The van der Waals surface area contributed by atoms with Gasteiger partial charge in [0.15, 0.2) is 0 Å². The maximum Gasteiger partial charge on any atom is 0.416 e. The SMILES string of the molecule is Cc1nc(/C=N\NC(=O)Cn2nnc(-c3cccc(C(F)(F)F)c3)n2)cs1. The van der Waals surface area contributed by atoms with Crippen LogP contribution in [0.1, 0.15) is 16.3 Å². The van der Waals surface area contributed by atoms with Crippen molar-refractivity contribution in [3.8, 4) is 11.4 Å². The Morgan fingerprint density at radius 2 is 2.22 bits per heavy atom. The number of nitrogens with one attached hydrogen (secondary N) is 1. The molecule has 0 atom stereocenters. The minimum atomic E-state index is -4.47. The lowest BCUT2D eigenvalue weighted by Crippen LogP contribution is -2.24. The van der Waals surface area contributed by atoms with Gasteiger partial charge in [0.1, 0.15) is 6.54 Å². The summed E-state index contributed by atoms with van der Waals surface area (Å²) in [5.74, 6) is -0.540. The Balaban J connectivity index is 1.62. The van der Waals surface area contributed by atoms with Crippen molar-refractivity contribution in [1.29, 1.82) is 0 Å². The first-order valence-corrected chi connectivity index (χ1v) is 8.39. The number of tetrazole rings is 1. The molecule has 1 amide bonds. The van der Waals surface area contributed by atoms with E-state index < -0.39 is 17.6 Å². The van der Waals surface area contributed by atoms with Crippen molar-refractivity contribution in [2.45, 2.75) is 19.6 Å².